The number of anilines is 1. The third-order valence-corrected chi connectivity index (χ3v) is 3.36. The zero-order chi connectivity index (χ0) is 16.4. The highest BCUT2D eigenvalue weighted by Crippen LogP contribution is 2.26. The first-order chi connectivity index (χ1) is 11.1. The maximum atomic E-state index is 12.1. The maximum absolute atomic E-state index is 12.1. The molecule has 1 amide bonds. The normalized spacial score (nSPS) is 11.6. The standard InChI is InChI=1S/C17H15N3O3.ClH/c1-10(18)15(21)19-13-8-4-2-6-11(13)16-20-14-9-5-3-7-12(14)17(22)23-16;/h2-10H,18H2,1H3,(H,19,21);1H. The van der Waals surface area contributed by atoms with Gasteiger partial charge in [-0.1, -0.05) is 24.3 Å². The van der Waals surface area contributed by atoms with Crippen molar-refractivity contribution in [3.8, 4) is 11.5 Å². The second kappa shape index (κ2) is 7.25. The third kappa shape index (κ3) is 3.45. The Balaban J connectivity index is 0.00000208. The molecule has 1 unspecified atom stereocenters. The number of para-hydroxylation sites is 2. The monoisotopic (exact) mass is 345 g/mol. The maximum Gasteiger partial charge on any atom is 0.347 e. The van der Waals surface area contributed by atoms with Gasteiger partial charge in [-0.3, -0.25) is 4.79 Å². The Bertz CT molecular complexity index is 938. The summed E-state index contributed by atoms with van der Waals surface area (Å²) in [5, 5.41) is 3.12. The molecule has 7 heteroatoms. The summed E-state index contributed by atoms with van der Waals surface area (Å²) in [6.45, 7) is 1.59. The van der Waals surface area contributed by atoms with Gasteiger partial charge in [-0.25, -0.2) is 9.78 Å². The van der Waals surface area contributed by atoms with Gasteiger partial charge in [-0.05, 0) is 31.2 Å². The Kier molecular flexibility index (Phi) is 5.33. The van der Waals surface area contributed by atoms with Gasteiger partial charge in [0.15, 0.2) is 0 Å². The van der Waals surface area contributed by atoms with E-state index in [1.165, 1.54) is 0 Å². The first-order valence-corrected chi connectivity index (χ1v) is 7.12. The predicted octanol–water partition coefficient (Wildman–Crippen LogP) is 2.56. The molecule has 0 saturated heterocycles. The van der Waals surface area contributed by atoms with Crippen LogP contribution in [0.15, 0.2) is 57.7 Å². The topological polar surface area (TPSA) is 98.2 Å². The van der Waals surface area contributed by atoms with Gasteiger partial charge in [0.25, 0.3) is 0 Å². The molecule has 0 spiro atoms. The highest BCUT2D eigenvalue weighted by Gasteiger charge is 2.15. The molecule has 0 bridgehead atoms. The van der Waals surface area contributed by atoms with Gasteiger partial charge in [0, 0.05) is 0 Å². The van der Waals surface area contributed by atoms with Crippen LogP contribution in [-0.2, 0) is 4.79 Å². The van der Waals surface area contributed by atoms with E-state index in [0.29, 0.717) is 22.2 Å². The van der Waals surface area contributed by atoms with Crippen LogP contribution in [0.1, 0.15) is 6.92 Å². The van der Waals surface area contributed by atoms with Crippen LogP contribution < -0.4 is 16.7 Å². The Morgan fingerprint density at radius 3 is 2.58 bits per heavy atom. The van der Waals surface area contributed by atoms with Gasteiger partial charge in [-0.15, -0.1) is 12.4 Å². The van der Waals surface area contributed by atoms with Crippen LogP contribution in [0.5, 0.6) is 0 Å². The molecule has 3 rings (SSSR count). The van der Waals surface area contributed by atoms with Crippen molar-refractivity contribution < 1.29 is 9.21 Å². The lowest BCUT2D eigenvalue weighted by Crippen LogP contribution is -2.32. The lowest BCUT2D eigenvalue weighted by atomic mass is 10.1. The number of carbonyl (C=O) groups is 1. The van der Waals surface area contributed by atoms with Crippen molar-refractivity contribution in [1.29, 1.82) is 0 Å². The number of hydrogen-bond donors (Lipinski definition) is 2. The third-order valence-electron chi connectivity index (χ3n) is 3.36. The fourth-order valence-corrected chi connectivity index (χ4v) is 2.16. The molecule has 6 nitrogen and oxygen atoms in total. The van der Waals surface area contributed by atoms with E-state index in [2.05, 4.69) is 10.3 Å². The lowest BCUT2D eigenvalue weighted by molar-refractivity contribution is -0.117. The summed E-state index contributed by atoms with van der Waals surface area (Å²) in [5.41, 5.74) is 6.64. The van der Waals surface area contributed by atoms with E-state index in [4.69, 9.17) is 10.2 Å². The van der Waals surface area contributed by atoms with E-state index in [0.717, 1.165) is 0 Å². The van der Waals surface area contributed by atoms with Crippen molar-refractivity contribution in [2.45, 2.75) is 13.0 Å². The van der Waals surface area contributed by atoms with Crippen molar-refractivity contribution in [2.24, 2.45) is 5.73 Å². The van der Waals surface area contributed by atoms with Crippen molar-refractivity contribution in [3.63, 3.8) is 0 Å². The van der Waals surface area contributed by atoms with Gasteiger partial charge in [-0.2, -0.15) is 0 Å². The summed E-state index contributed by atoms with van der Waals surface area (Å²) >= 11 is 0. The number of benzene rings is 2. The van der Waals surface area contributed by atoms with Crippen LogP contribution in [-0.4, -0.2) is 16.9 Å². The van der Waals surface area contributed by atoms with Gasteiger partial charge in [0.05, 0.1) is 28.2 Å². The van der Waals surface area contributed by atoms with E-state index in [1.54, 1.807) is 55.5 Å². The summed E-state index contributed by atoms with van der Waals surface area (Å²) < 4.78 is 5.31. The first kappa shape index (κ1) is 17.7. The molecule has 1 aromatic heterocycles. The van der Waals surface area contributed by atoms with E-state index < -0.39 is 11.7 Å². The Hall–Kier alpha value is -2.70. The van der Waals surface area contributed by atoms with Gasteiger partial charge < -0.3 is 15.5 Å². The minimum Gasteiger partial charge on any atom is -0.403 e. The van der Waals surface area contributed by atoms with Crippen molar-refractivity contribution in [2.75, 3.05) is 5.32 Å². The van der Waals surface area contributed by atoms with E-state index in [-0.39, 0.29) is 24.2 Å². The minimum absolute atomic E-state index is 0. The number of nitrogens with zero attached hydrogens (tertiary/aromatic N) is 1. The molecule has 0 aliphatic rings. The van der Waals surface area contributed by atoms with Crippen LogP contribution >= 0.6 is 12.4 Å². The summed E-state index contributed by atoms with van der Waals surface area (Å²) in [6.07, 6.45) is 0. The largest absolute Gasteiger partial charge is 0.403 e. The first-order valence-electron chi connectivity index (χ1n) is 7.12. The number of carbonyl (C=O) groups excluding carboxylic acids is 1. The average Bonchev–Trinajstić information content (AvgIpc) is 2.55. The average molecular weight is 346 g/mol. The predicted molar refractivity (Wildman–Crippen MR) is 95.2 cm³/mol. The molecule has 0 aliphatic carbocycles. The van der Waals surface area contributed by atoms with Crippen LogP contribution in [0, 0.1) is 0 Å². The Morgan fingerprint density at radius 1 is 1.17 bits per heavy atom. The second-order valence-electron chi connectivity index (χ2n) is 5.15. The Labute approximate surface area is 144 Å². The zero-order valence-electron chi connectivity index (χ0n) is 12.9. The smallest absolute Gasteiger partial charge is 0.347 e. The number of halogens is 1. The number of fused-ring (bicyclic) bond motifs is 1. The molecule has 1 heterocycles. The van der Waals surface area contributed by atoms with Crippen LogP contribution in [0.2, 0.25) is 0 Å². The number of rotatable bonds is 3. The van der Waals surface area contributed by atoms with Crippen molar-refractivity contribution in [3.05, 3.63) is 59.0 Å². The van der Waals surface area contributed by atoms with E-state index >= 15 is 0 Å². The SMILES string of the molecule is CC(N)C(=O)Nc1ccccc1-c1nc2ccccc2c(=O)o1.Cl. The molecule has 124 valence electrons. The highest BCUT2D eigenvalue weighted by atomic mass is 35.5. The molecule has 0 saturated carbocycles. The number of aromatic nitrogens is 1. The van der Waals surface area contributed by atoms with Gasteiger partial charge >= 0.3 is 5.63 Å². The lowest BCUT2D eigenvalue weighted by Gasteiger charge is -2.11. The van der Waals surface area contributed by atoms with Crippen LogP contribution in [0.25, 0.3) is 22.4 Å². The van der Waals surface area contributed by atoms with Crippen LogP contribution in [0.3, 0.4) is 0 Å². The van der Waals surface area contributed by atoms with Gasteiger partial charge in [0.1, 0.15) is 0 Å². The zero-order valence-corrected chi connectivity index (χ0v) is 13.7. The fourth-order valence-electron chi connectivity index (χ4n) is 2.16. The molecular weight excluding hydrogens is 330 g/mol. The van der Waals surface area contributed by atoms with Crippen molar-refractivity contribution in [1.82, 2.24) is 4.98 Å². The molecule has 24 heavy (non-hydrogen) atoms. The second-order valence-corrected chi connectivity index (χ2v) is 5.15. The molecule has 3 N–H and O–H groups in total. The number of amides is 1. The number of nitrogens with two attached hydrogens (primary N) is 1. The molecule has 2 aromatic carbocycles. The number of nitrogens with one attached hydrogen (secondary N) is 1. The molecule has 0 aliphatic heterocycles. The van der Waals surface area contributed by atoms with E-state index in [9.17, 15) is 9.59 Å². The molecule has 3 aromatic rings. The summed E-state index contributed by atoms with van der Waals surface area (Å²) in [5.74, 6) is -0.185. The molecule has 0 fully saturated rings. The summed E-state index contributed by atoms with van der Waals surface area (Å²) in [7, 11) is 0. The van der Waals surface area contributed by atoms with Gasteiger partial charge in [0.2, 0.25) is 11.8 Å². The quantitative estimate of drug-likeness (QED) is 0.760. The fraction of sp³-hybridized carbons (Fsp3) is 0.118. The summed E-state index contributed by atoms with van der Waals surface area (Å²) in [4.78, 5) is 28.3. The van der Waals surface area contributed by atoms with Crippen molar-refractivity contribution >= 4 is 34.9 Å². The molecular formula is C17H16ClN3O3. The number of hydrogen-bond acceptors (Lipinski definition) is 5. The minimum atomic E-state index is -0.653. The van der Waals surface area contributed by atoms with Crippen LogP contribution in [0.4, 0.5) is 5.69 Å². The Morgan fingerprint density at radius 2 is 1.83 bits per heavy atom. The highest BCUT2D eigenvalue weighted by molar-refractivity contribution is 5.97. The molecule has 0 radical (unpaired) electrons. The van der Waals surface area contributed by atoms with E-state index in [1.807, 2.05) is 0 Å². The summed E-state index contributed by atoms with van der Waals surface area (Å²) in [6, 6.07) is 13.2. The molecule has 1 atom stereocenters.